The maximum Gasteiger partial charge on any atom is 0.303 e. The van der Waals surface area contributed by atoms with Crippen LogP contribution in [0.5, 0.6) is 0 Å². The van der Waals surface area contributed by atoms with Crippen LogP contribution in [0.1, 0.15) is 37.8 Å². The summed E-state index contributed by atoms with van der Waals surface area (Å²) in [6.07, 6.45) is 0.820. The Morgan fingerprint density at radius 3 is 2.93 bits per heavy atom. The van der Waals surface area contributed by atoms with Gasteiger partial charge in [-0.05, 0) is 18.6 Å². The standard InChI is InChI=1S/C10H15NO3/c1-3-9(11)10-5-4-8(14-10)6-13-7(2)12/h4-5,9H,3,6,11H2,1-2H3/t9-/m0/s1. The largest absolute Gasteiger partial charge is 0.461 e. The Morgan fingerprint density at radius 1 is 1.64 bits per heavy atom. The van der Waals surface area contributed by atoms with Gasteiger partial charge in [0.2, 0.25) is 0 Å². The van der Waals surface area contributed by atoms with Crippen LogP contribution in [0.4, 0.5) is 0 Å². The van der Waals surface area contributed by atoms with Crippen molar-refractivity contribution >= 4 is 5.97 Å². The van der Waals surface area contributed by atoms with Crippen molar-refractivity contribution in [2.45, 2.75) is 32.9 Å². The van der Waals surface area contributed by atoms with Crippen molar-refractivity contribution in [1.29, 1.82) is 0 Å². The number of esters is 1. The number of carbonyl (C=O) groups excluding carboxylic acids is 1. The fraction of sp³-hybridized carbons (Fsp3) is 0.500. The van der Waals surface area contributed by atoms with Crippen LogP contribution in [0, 0.1) is 0 Å². The predicted molar refractivity (Wildman–Crippen MR) is 51.4 cm³/mol. The van der Waals surface area contributed by atoms with Gasteiger partial charge in [0, 0.05) is 6.92 Å². The van der Waals surface area contributed by atoms with Crippen molar-refractivity contribution in [2.75, 3.05) is 0 Å². The van der Waals surface area contributed by atoms with E-state index in [-0.39, 0.29) is 18.6 Å². The van der Waals surface area contributed by atoms with E-state index in [1.807, 2.05) is 13.0 Å². The molecule has 2 N–H and O–H groups in total. The first kappa shape index (κ1) is 10.8. The minimum Gasteiger partial charge on any atom is -0.461 e. The van der Waals surface area contributed by atoms with Gasteiger partial charge in [-0.1, -0.05) is 6.92 Å². The summed E-state index contributed by atoms with van der Waals surface area (Å²) in [4.78, 5) is 10.5. The molecule has 78 valence electrons. The van der Waals surface area contributed by atoms with Crippen LogP contribution < -0.4 is 5.73 Å². The summed E-state index contributed by atoms with van der Waals surface area (Å²) in [6.45, 7) is 3.52. The molecule has 4 heteroatoms. The highest BCUT2D eigenvalue weighted by atomic mass is 16.5. The minimum atomic E-state index is -0.317. The molecule has 1 aromatic rings. The Hall–Kier alpha value is -1.29. The zero-order valence-corrected chi connectivity index (χ0v) is 8.45. The fourth-order valence-corrected chi connectivity index (χ4v) is 1.05. The quantitative estimate of drug-likeness (QED) is 0.747. The van der Waals surface area contributed by atoms with Gasteiger partial charge in [-0.3, -0.25) is 4.79 Å². The second-order valence-corrected chi connectivity index (χ2v) is 3.10. The van der Waals surface area contributed by atoms with E-state index in [1.54, 1.807) is 6.07 Å². The van der Waals surface area contributed by atoms with Crippen molar-refractivity contribution in [3.63, 3.8) is 0 Å². The fourth-order valence-electron chi connectivity index (χ4n) is 1.05. The molecule has 0 aliphatic heterocycles. The summed E-state index contributed by atoms with van der Waals surface area (Å²) >= 11 is 0. The topological polar surface area (TPSA) is 65.5 Å². The minimum absolute atomic E-state index is 0.0823. The monoisotopic (exact) mass is 197 g/mol. The first-order valence-corrected chi connectivity index (χ1v) is 4.61. The lowest BCUT2D eigenvalue weighted by atomic mass is 10.2. The zero-order valence-electron chi connectivity index (χ0n) is 8.45. The van der Waals surface area contributed by atoms with E-state index in [0.717, 1.165) is 12.2 Å². The summed E-state index contributed by atoms with van der Waals surface area (Å²) in [5, 5.41) is 0. The van der Waals surface area contributed by atoms with Crippen LogP contribution in [-0.4, -0.2) is 5.97 Å². The Kier molecular flexibility index (Phi) is 3.71. The summed E-state index contributed by atoms with van der Waals surface area (Å²) in [5.74, 6) is 1.04. The first-order valence-electron chi connectivity index (χ1n) is 4.61. The average Bonchev–Trinajstić information content (AvgIpc) is 2.62. The lowest BCUT2D eigenvalue weighted by Crippen LogP contribution is -2.07. The molecule has 0 unspecified atom stereocenters. The average molecular weight is 197 g/mol. The van der Waals surface area contributed by atoms with Crippen molar-refractivity contribution in [2.24, 2.45) is 5.73 Å². The van der Waals surface area contributed by atoms with E-state index in [9.17, 15) is 4.79 Å². The lowest BCUT2D eigenvalue weighted by molar-refractivity contribution is -0.142. The molecular formula is C10H15NO3. The van der Waals surface area contributed by atoms with Gasteiger partial charge < -0.3 is 14.9 Å². The highest BCUT2D eigenvalue weighted by molar-refractivity contribution is 5.65. The molecule has 0 radical (unpaired) electrons. The molecule has 0 bridgehead atoms. The molecule has 14 heavy (non-hydrogen) atoms. The SMILES string of the molecule is CC[C@H](N)c1ccc(COC(C)=O)o1. The van der Waals surface area contributed by atoms with Crippen molar-refractivity contribution in [3.05, 3.63) is 23.7 Å². The Balaban J connectivity index is 2.54. The number of rotatable bonds is 4. The van der Waals surface area contributed by atoms with Crippen molar-refractivity contribution in [1.82, 2.24) is 0 Å². The molecule has 0 saturated carbocycles. The Bertz CT molecular complexity index is 306. The number of carbonyl (C=O) groups is 1. The lowest BCUT2D eigenvalue weighted by Gasteiger charge is -2.03. The van der Waals surface area contributed by atoms with E-state index >= 15 is 0 Å². The molecule has 0 spiro atoms. The second kappa shape index (κ2) is 4.81. The normalized spacial score (nSPS) is 12.5. The smallest absolute Gasteiger partial charge is 0.303 e. The van der Waals surface area contributed by atoms with Crippen LogP contribution in [-0.2, 0) is 16.1 Å². The molecule has 1 heterocycles. The molecule has 0 aliphatic carbocycles. The predicted octanol–water partition coefficient (Wildman–Crippen LogP) is 1.75. The van der Waals surface area contributed by atoms with Crippen molar-refractivity contribution in [3.8, 4) is 0 Å². The van der Waals surface area contributed by atoms with E-state index in [0.29, 0.717) is 5.76 Å². The van der Waals surface area contributed by atoms with Gasteiger partial charge >= 0.3 is 5.97 Å². The third kappa shape index (κ3) is 2.88. The molecular weight excluding hydrogens is 182 g/mol. The highest BCUT2D eigenvalue weighted by Gasteiger charge is 2.09. The third-order valence-corrected chi connectivity index (χ3v) is 1.91. The molecule has 0 aliphatic rings. The number of ether oxygens (including phenoxy) is 1. The van der Waals surface area contributed by atoms with Crippen molar-refractivity contribution < 1.29 is 13.9 Å². The number of hydrogen-bond acceptors (Lipinski definition) is 4. The van der Waals surface area contributed by atoms with Gasteiger partial charge in [-0.2, -0.15) is 0 Å². The number of nitrogens with two attached hydrogens (primary N) is 1. The van der Waals surface area contributed by atoms with Crippen LogP contribution in [0.15, 0.2) is 16.5 Å². The maximum absolute atomic E-state index is 10.5. The zero-order chi connectivity index (χ0) is 10.6. The summed E-state index contributed by atoms with van der Waals surface area (Å²) in [6, 6.07) is 3.50. The van der Waals surface area contributed by atoms with E-state index in [1.165, 1.54) is 6.92 Å². The Labute approximate surface area is 83.0 Å². The van der Waals surface area contributed by atoms with Gasteiger partial charge in [0.15, 0.2) is 0 Å². The number of hydrogen-bond donors (Lipinski definition) is 1. The van der Waals surface area contributed by atoms with Gasteiger partial charge in [-0.25, -0.2) is 0 Å². The molecule has 1 atom stereocenters. The van der Waals surface area contributed by atoms with E-state index < -0.39 is 0 Å². The Morgan fingerprint density at radius 2 is 2.36 bits per heavy atom. The molecule has 0 fully saturated rings. The number of furan rings is 1. The van der Waals surface area contributed by atoms with E-state index in [2.05, 4.69) is 0 Å². The van der Waals surface area contributed by atoms with Crippen LogP contribution >= 0.6 is 0 Å². The molecule has 0 aromatic carbocycles. The molecule has 4 nitrogen and oxygen atoms in total. The summed E-state index contributed by atoms with van der Waals surface area (Å²) in [7, 11) is 0. The van der Waals surface area contributed by atoms with Gasteiger partial charge in [0.25, 0.3) is 0 Å². The third-order valence-electron chi connectivity index (χ3n) is 1.91. The summed E-state index contributed by atoms with van der Waals surface area (Å²) in [5.41, 5.74) is 5.76. The molecule has 1 rings (SSSR count). The maximum atomic E-state index is 10.5. The van der Waals surface area contributed by atoms with Gasteiger partial charge in [-0.15, -0.1) is 0 Å². The van der Waals surface area contributed by atoms with Crippen LogP contribution in [0.2, 0.25) is 0 Å². The first-order chi connectivity index (χ1) is 6.63. The van der Waals surface area contributed by atoms with E-state index in [4.69, 9.17) is 14.9 Å². The highest BCUT2D eigenvalue weighted by Crippen LogP contribution is 2.17. The van der Waals surface area contributed by atoms with Gasteiger partial charge in [0.05, 0.1) is 6.04 Å². The molecule has 1 aromatic heterocycles. The summed E-state index contributed by atoms with van der Waals surface area (Å²) < 4.78 is 10.2. The van der Waals surface area contributed by atoms with Gasteiger partial charge in [0.1, 0.15) is 18.1 Å². The van der Waals surface area contributed by atoms with Crippen LogP contribution in [0.25, 0.3) is 0 Å². The molecule has 0 amide bonds. The second-order valence-electron chi connectivity index (χ2n) is 3.10. The van der Waals surface area contributed by atoms with Crippen LogP contribution in [0.3, 0.4) is 0 Å². The molecule has 0 saturated heterocycles.